The maximum Gasteiger partial charge on any atom is 0.490 e. The van der Waals surface area contributed by atoms with Crippen LogP contribution in [0.4, 0.5) is 26.3 Å². The molecule has 1 aliphatic rings. The quantitative estimate of drug-likeness (QED) is 0.204. The van der Waals surface area contributed by atoms with Gasteiger partial charge in [-0.3, -0.25) is 9.80 Å². The van der Waals surface area contributed by atoms with Crippen molar-refractivity contribution in [3.05, 3.63) is 100 Å². The molecule has 0 radical (unpaired) electrons. The lowest BCUT2D eigenvalue weighted by Crippen LogP contribution is -2.72. The van der Waals surface area contributed by atoms with Gasteiger partial charge in [-0.15, -0.1) is 0 Å². The molecule has 0 bridgehead atoms. The molecule has 1 saturated heterocycles. The Hall–Kier alpha value is -3.62. The summed E-state index contributed by atoms with van der Waals surface area (Å²) in [6, 6.07) is 20.6. The van der Waals surface area contributed by atoms with Crippen LogP contribution in [0.5, 0.6) is 5.75 Å². The molecule has 1 fully saturated rings. The third kappa shape index (κ3) is 7.02. The lowest BCUT2D eigenvalue weighted by Gasteiger charge is -2.55. The Bertz CT molecular complexity index is 1420. The van der Waals surface area contributed by atoms with Crippen LogP contribution in [0.25, 0.3) is 0 Å². The number of rotatable bonds is 8. The summed E-state index contributed by atoms with van der Waals surface area (Å²) in [5.74, 6) is -6.40. The molecule has 0 spiro atoms. The van der Waals surface area contributed by atoms with Gasteiger partial charge in [0.2, 0.25) is 12.0 Å². The molecule has 3 aromatic carbocycles. The van der Waals surface area contributed by atoms with Gasteiger partial charge in [0.25, 0.3) is 0 Å². The van der Waals surface area contributed by atoms with Gasteiger partial charge in [0, 0.05) is 29.7 Å². The van der Waals surface area contributed by atoms with Gasteiger partial charge in [0.1, 0.15) is 5.75 Å². The van der Waals surface area contributed by atoms with Gasteiger partial charge in [0.05, 0.1) is 13.0 Å². The Morgan fingerprint density at radius 1 is 0.886 bits per heavy atom. The molecule has 1 heterocycles. The number of piperazine rings is 1. The number of hydrogen-bond donors (Lipinski definition) is 0. The van der Waals surface area contributed by atoms with E-state index in [0.29, 0.717) is 15.8 Å². The van der Waals surface area contributed by atoms with Crippen molar-refractivity contribution in [3.8, 4) is 5.75 Å². The minimum atomic E-state index is -5.54. The molecule has 236 valence electrons. The van der Waals surface area contributed by atoms with E-state index in [-0.39, 0.29) is 30.8 Å². The molecule has 7 nitrogen and oxygen atoms in total. The van der Waals surface area contributed by atoms with E-state index in [1.54, 1.807) is 54.6 Å². The highest BCUT2D eigenvalue weighted by molar-refractivity contribution is 9.10. The lowest BCUT2D eigenvalue weighted by atomic mass is 9.78. The number of carbonyl (C=O) groups excluding carboxylic acids is 2. The Labute approximate surface area is 257 Å². The number of methoxy groups -OCH3 is 1. The van der Waals surface area contributed by atoms with Crippen molar-refractivity contribution in [2.45, 2.75) is 36.8 Å². The molecule has 2 unspecified atom stereocenters. The van der Waals surface area contributed by atoms with Crippen molar-refractivity contribution in [2.75, 3.05) is 27.2 Å². The second-order valence-electron chi connectivity index (χ2n) is 10.00. The van der Waals surface area contributed by atoms with Crippen LogP contribution in [-0.4, -0.2) is 73.3 Å². The van der Waals surface area contributed by atoms with Crippen LogP contribution in [0, 0.1) is 0 Å². The van der Waals surface area contributed by atoms with Crippen molar-refractivity contribution >= 4 is 27.9 Å². The van der Waals surface area contributed by atoms with E-state index in [9.17, 15) is 35.9 Å². The molecule has 0 amide bonds. The van der Waals surface area contributed by atoms with Crippen LogP contribution >= 0.6 is 15.9 Å². The minimum Gasteiger partial charge on any atom is -0.496 e. The minimum absolute atomic E-state index is 0.0937. The van der Waals surface area contributed by atoms with Crippen molar-refractivity contribution in [3.63, 3.8) is 0 Å². The SMILES string of the molecule is COc1ccc(Br)cc1CN1CCN(C)C(OC(=O)C(F)(F)F)(C(c2ccccc2)c2ccccc2)C1OC(=O)C(F)(F)F. The van der Waals surface area contributed by atoms with Gasteiger partial charge in [0.15, 0.2) is 0 Å². The van der Waals surface area contributed by atoms with Crippen LogP contribution in [0.2, 0.25) is 0 Å². The highest BCUT2D eigenvalue weighted by atomic mass is 79.9. The number of halogens is 7. The molecule has 0 N–H and O–H groups in total. The van der Waals surface area contributed by atoms with Crippen molar-refractivity contribution in [1.29, 1.82) is 0 Å². The Morgan fingerprint density at radius 3 is 1.93 bits per heavy atom. The Balaban J connectivity index is 2.03. The number of likely N-dealkylation sites (N-methyl/N-ethyl adjacent to an activating group) is 1. The largest absolute Gasteiger partial charge is 0.496 e. The summed E-state index contributed by atoms with van der Waals surface area (Å²) in [5, 5.41) is 0. The van der Waals surface area contributed by atoms with Crippen molar-refractivity contribution in [2.24, 2.45) is 0 Å². The molecule has 2 atom stereocenters. The van der Waals surface area contributed by atoms with E-state index in [1.807, 2.05) is 0 Å². The zero-order chi connectivity index (χ0) is 32.3. The smallest absolute Gasteiger partial charge is 0.490 e. The fourth-order valence-electron chi connectivity index (χ4n) is 5.32. The van der Waals surface area contributed by atoms with Crippen molar-refractivity contribution < 1.29 is 50.1 Å². The van der Waals surface area contributed by atoms with Crippen LogP contribution in [-0.2, 0) is 25.6 Å². The van der Waals surface area contributed by atoms with E-state index in [2.05, 4.69) is 15.9 Å². The van der Waals surface area contributed by atoms with Gasteiger partial charge >= 0.3 is 24.3 Å². The summed E-state index contributed by atoms with van der Waals surface area (Å²) in [6.07, 6.45) is -13.3. The molecule has 0 aromatic heterocycles. The molecule has 14 heteroatoms. The van der Waals surface area contributed by atoms with Crippen molar-refractivity contribution in [1.82, 2.24) is 9.80 Å². The van der Waals surface area contributed by atoms with E-state index < -0.39 is 42.2 Å². The summed E-state index contributed by atoms with van der Waals surface area (Å²) >= 11 is 3.33. The van der Waals surface area contributed by atoms with E-state index in [4.69, 9.17) is 14.2 Å². The van der Waals surface area contributed by atoms with E-state index in [1.165, 1.54) is 48.2 Å². The van der Waals surface area contributed by atoms with Gasteiger partial charge in [-0.2, -0.15) is 26.3 Å². The van der Waals surface area contributed by atoms with Crippen LogP contribution in [0.1, 0.15) is 22.6 Å². The van der Waals surface area contributed by atoms with Gasteiger partial charge in [-0.1, -0.05) is 76.6 Å². The molecule has 0 saturated carbocycles. The number of ether oxygens (including phenoxy) is 3. The third-order valence-corrected chi connectivity index (χ3v) is 7.73. The summed E-state index contributed by atoms with van der Waals surface area (Å²) in [5.41, 5.74) is -1.68. The number of esters is 2. The normalized spacial score (nSPS) is 19.9. The molecular weight excluding hydrogens is 662 g/mol. The van der Waals surface area contributed by atoms with Crippen LogP contribution in [0.15, 0.2) is 83.3 Å². The molecule has 0 aliphatic carbocycles. The fourth-order valence-corrected chi connectivity index (χ4v) is 5.73. The maximum absolute atomic E-state index is 13.9. The van der Waals surface area contributed by atoms with Gasteiger partial charge in [-0.25, -0.2) is 9.59 Å². The molecule has 1 aliphatic heterocycles. The second kappa shape index (κ2) is 13.2. The predicted molar refractivity (Wildman–Crippen MR) is 149 cm³/mol. The second-order valence-corrected chi connectivity index (χ2v) is 10.9. The highest BCUT2D eigenvalue weighted by Crippen LogP contribution is 2.47. The first-order valence-corrected chi connectivity index (χ1v) is 13.9. The third-order valence-electron chi connectivity index (χ3n) is 7.24. The first-order chi connectivity index (χ1) is 20.7. The van der Waals surface area contributed by atoms with Gasteiger partial charge < -0.3 is 14.2 Å². The maximum atomic E-state index is 13.9. The first kappa shape index (κ1) is 33.3. The summed E-state index contributed by atoms with van der Waals surface area (Å²) in [4.78, 5) is 27.6. The number of benzene rings is 3. The fraction of sp³-hybridized carbons (Fsp3) is 0.333. The summed E-state index contributed by atoms with van der Waals surface area (Å²) in [7, 11) is 2.67. The predicted octanol–water partition coefficient (Wildman–Crippen LogP) is 6.27. The molecule has 44 heavy (non-hydrogen) atoms. The van der Waals surface area contributed by atoms with E-state index in [0.717, 1.165) is 0 Å². The zero-order valence-corrected chi connectivity index (χ0v) is 24.9. The van der Waals surface area contributed by atoms with Gasteiger partial charge in [-0.05, 0) is 36.4 Å². The average molecular weight is 689 g/mol. The van der Waals surface area contributed by atoms with E-state index >= 15 is 0 Å². The van der Waals surface area contributed by atoms with Crippen LogP contribution < -0.4 is 4.74 Å². The molecule has 3 aromatic rings. The summed E-state index contributed by atoms with van der Waals surface area (Å²) in [6.45, 7) is -0.449. The highest BCUT2D eigenvalue weighted by Gasteiger charge is 2.63. The first-order valence-electron chi connectivity index (χ1n) is 13.1. The number of nitrogens with zero attached hydrogens (tertiary/aromatic N) is 2. The lowest BCUT2D eigenvalue weighted by molar-refractivity contribution is -0.297. The summed E-state index contributed by atoms with van der Waals surface area (Å²) < 4.78 is 99.4. The Morgan fingerprint density at radius 2 is 1.43 bits per heavy atom. The topological polar surface area (TPSA) is 68.3 Å². The monoisotopic (exact) mass is 688 g/mol. The Kier molecular flexibility index (Phi) is 9.96. The average Bonchev–Trinajstić information content (AvgIpc) is 2.97. The standard InChI is InChI=1S/C30H27BrF6N2O5/c1-38-15-16-39(18-21-17-22(31)13-14-23(21)42-2)25(43-26(40)29(32,33)34)28(38,44-27(41)30(35,36)37)24(19-9-5-3-6-10-19)20-11-7-4-8-12-20/h3-14,17,24-25H,15-16,18H2,1-2H3. The number of alkyl halides is 6. The molecule has 4 rings (SSSR count). The number of carbonyl (C=O) groups is 2. The number of hydrogen-bond acceptors (Lipinski definition) is 7. The zero-order valence-electron chi connectivity index (χ0n) is 23.4. The molecular formula is C30H27BrF6N2O5. The van der Waals surface area contributed by atoms with Crippen LogP contribution in [0.3, 0.4) is 0 Å².